The van der Waals surface area contributed by atoms with Crippen molar-refractivity contribution in [3.05, 3.63) is 29.8 Å². The minimum Gasteiger partial charge on any atom is -0.493 e. The van der Waals surface area contributed by atoms with Crippen molar-refractivity contribution < 1.29 is 9.84 Å². The zero-order chi connectivity index (χ0) is 11.3. The number of ether oxygens (including phenoxy) is 1. The van der Waals surface area contributed by atoms with Crippen molar-refractivity contribution in [1.29, 1.82) is 0 Å². The lowest BCUT2D eigenvalue weighted by molar-refractivity contribution is 0.155. The quantitative estimate of drug-likeness (QED) is 0.778. The van der Waals surface area contributed by atoms with E-state index in [0.29, 0.717) is 13.0 Å². The smallest absolute Gasteiger partial charge is 0.119 e. The van der Waals surface area contributed by atoms with Gasteiger partial charge in [0, 0.05) is 12.5 Å². The second-order valence-corrected chi connectivity index (χ2v) is 3.85. The van der Waals surface area contributed by atoms with E-state index in [4.69, 9.17) is 15.6 Å². The predicted octanol–water partition coefficient (Wildman–Crippen LogP) is 1.86. The van der Waals surface area contributed by atoms with Crippen LogP contribution >= 0.6 is 0 Å². The SMILES string of the molecule is CC(O)CCOc1cccc([C@H](C)N)c1. The summed E-state index contributed by atoms with van der Waals surface area (Å²) >= 11 is 0. The van der Waals surface area contributed by atoms with Crippen LogP contribution < -0.4 is 10.5 Å². The summed E-state index contributed by atoms with van der Waals surface area (Å²) in [5.41, 5.74) is 6.82. The summed E-state index contributed by atoms with van der Waals surface area (Å²) in [6.07, 6.45) is 0.323. The lowest BCUT2D eigenvalue weighted by Gasteiger charge is -2.10. The molecule has 0 aliphatic carbocycles. The molecule has 0 spiro atoms. The highest BCUT2D eigenvalue weighted by atomic mass is 16.5. The zero-order valence-corrected chi connectivity index (χ0v) is 9.31. The summed E-state index contributed by atoms with van der Waals surface area (Å²) in [5, 5.41) is 9.07. The Morgan fingerprint density at radius 3 is 2.73 bits per heavy atom. The molecule has 1 aromatic carbocycles. The van der Waals surface area contributed by atoms with Gasteiger partial charge < -0.3 is 15.6 Å². The molecule has 15 heavy (non-hydrogen) atoms. The van der Waals surface area contributed by atoms with Crippen LogP contribution in [0, 0.1) is 0 Å². The van der Waals surface area contributed by atoms with Crippen molar-refractivity contribution in [1.82, 2.24) is 0 Å². The van der Waals surface area contributed by atoms with Gasteiger partial charge in [0.2, 0.25) is 0 Å². The molecule has 0 amide bonds. The molecule has 2 atom stereocenters. The predicted molar refractivity (Wildman–Crippen MR) is 60.8 cm³/mol. The van der Waals surface area contributed by atoms with Crippen molar-refractivity contribution in [3.63, 3.8) is 0 Å². The van der Waals surface area contributed by atoms with Gasteiger partial charge in [-0.3, -0.25) is 0 Å². The first kappa shape index (κ1) is 12.0. The molecule has 0 heterocycles. The molecule has 3 heteroatoms. The van der Waals surface area contributed by atoms with Gasteiger partial charge in [-0.25, -0.2) is 0 Å². The van der Waals surface area contributed by atoms with E-state index in [1.54, 1.807) is 6.92 Å². The van der Waals surface area contributed by atoms with E-state index in [1.165, 1.54) is 0 Å². The Morgan fingerprint density at radius 1 is 1.40 bits per heavy atom. The molecule has 3 nitrogen and oxygen atoms in total. The van der Waals surface area contributed by atoms with Gasteiger partial charge in [-0.05, 0) is 31.5 Å². The highest BCUT2D eigenvalue weighted by molar-refractivity contribution is 5.30. The first-order chi connectivity index (χ1) is 7.09. The van der Waals surface area contributed by atoms with Gasteiger partial charge in [0.1, 0.15) is 5.75 Å². The Kier molecular flexibility index (Phi) is 4.59. The fourth-order valence-electron chi connectivity index (χ4n) is 1.23. The van der Waals surface area contributed by atoms with E-state index in [2.05, 4.69) is 0 Å². The molecule has 1 aromatic rings. The summed E-state index contributed by atoms with van der Waals surface area (Å²) in [6, 6.07) is 7.76. The van der Waals surface area contributed by atoms with Gasteiger partial charge in [-0.2, -0.15) is 0 Å². The van der Waals surface area contributed by atoms with Crippen molar-refractivity contribution in [2.24, 2.45) is 5.73 Å². The number of rotatable bonds is 5. The van der Waals surface area contributed by atoms with Crippen LogP contribution in [0.4, 0.5) is 0 Å². The Balaban J connectivity index is 2.50. The van der Waals surface area contributed by atoms with E-state index >= 15 is 0 Å². The number of hydrogen-bond donors (Lipinski definition) is 2. The monoisotopic (exact) mass is 209 g/mol. The second kappa shape index (κ2) is 5.73. The standard InChI is InChI=1S/C12H19NO2/c1-9(14)6-7-15-12-5-3-4-11(8-12)10(2)13/h3-5,8-10,14H,6-7,13H2,1-2H3/t9?,10-/m0/s1. The van der Waals surface area contributed by atoms with Gasteiger partial charge in [-0.1, -0.05) is 12.1 Å². The number of aliphatic hydroxyl groups excluding tert-OH is 1. The third-order valence-corrected chi connectivity index (χ3v) is 2.19. The first-order valence-electron chi connectivity index (χ1n) is 5.26. The molecule has 3 N–H and O–H groups in total. The largest absolute Gasteiger partial charge is 0.493 e. The van der Waals surface area contributed by atoms with Crippen LogP contribution in [0.25, 0.3) is 0 Å². The molecule has 84 valence electrons. The average molecular weight is 209 g/mol. The zero-order valence-electron chi connectivity index (χ0n) is 9.31. The lowest BCUT2D eigenvalue weighted by Crippen LogP contribution is -2.08. The lowest BCUT2D eigenvalue weighted by atomic mass is 10.1. The Hall–Kier alpha value is -1.06. The average Bonchev–Trinajstić information content (AvgIpc) is 2.17. The Morgan fingerprint density at radius 2 is 2.13 bits per heavy atom. The Bertz CT molecular complexity index is 297. The third-order valence-electron chi connectivity index (χ3n) is 2.19. The van der Waals surface area contributed by atoms with Crippen LogP contribution in [-0.2, 0) is 0 Å². The molecule has 0 aliphatic rings. The summed E-state index contributed by atoms with van der Waals surface area (Å²) in [7, 11) is 0. The number of nitrogens with two attached hydrogens (primary N) is 1. The van der Waals surface area contributed by atoms with Gasteiger partial charge in [-0.15, -0.1) is 0 Å². The van der Waals surface area contributed by atoms with Crippen LogP contribution in [0.5, 0.6) is 5.75 Å². The minimum atomic E-state index is -0.318. The Labute approximate surface area is 90.9 Å². The summed E-state index contributed by atoms with van der Waals surface area (Å²) in [4.78, 5) is 0. The van der Waals surface area contributed by atoms with E-state index in [0.717, 1.165) is 11.3 Å². The van der Waals surface area contributed by atoms with E-state index in [9.17, 15) is 0 Å². The van der Waals surface area contributed by atoms with Crippen molar-refractivity contribution in [2.45, 2.75) is 32.4 Å². The third kappa shape index (κ3) is 4.32. The van der Waals surface area contributed by atoms with E-state index < -0.39 is 0 Å². The number of benzene rings is 1. The van der Waals surface area contributed by atoms with E-state index in [-0.39, 0.29) is 12.1 Å². The molecule has 0 aromatic heterocycles. The number of hydrogen-bond acceptors (Lipinski definition) is 3. The van der Waals surface area contributed by atoms with Crippen molar-refractivity contribution in [3.8, 4) is 5.75 Å². The highest BCUT2D eigenvalue weighted by Gasteiger charge is 2.01. The number of aliphatic hydroxyl groups is 1. The second-order valence-electron chi connectivity index (χ2n) is 3.85. The van der Waals surface area contributed by atoms with Crippen LogP contribution in [0.15, 0.2) is 24.3 Å². The van der Waals surface area contributed by atoms with Crippen molar-refractivity contribution in [2.75, 3.05) is 6.61 Å². The van der Waals surface area contributed by atoms with Crippen LogP contribution in [0.2, 0.25) is 0 Å². The molecule has 0 bridgehead atoms. The fourth-order valence-corrected chi connectivity index (χ4v) is 1.23. The van der Waals surface area contributed by atoms with Crippen LogP contribution in [0.1, 0.15) is 31.9 Å². The van der Waals surface area contributed by atoms with Gasteiger partial charge in [0.05, 0.1) is 12.7 Å². The maximum atomic E-state index is 9.07. The topological polar surface area (TPSA) is 55.5 Å². The fraction of sp³-hybridized carbons (Fsp3) is 0.500. The molecule has 1 rings (SSSR count). The molecule has 0 aliphatic heterocycles. The maximum Gasteiger partial charge on any atom is 0.119 e. The summed E-state index contributed by atoms with van der Waals surface area (Å²) in [6.45, 7) is 4.22. The first-order valence-corrected chi connectivity index (χ1v) is 5.26. The maximum absolute atomic E-state index is 9.07. The molecule has 0 fully saturated rings. The van der Waals surface area contributed by atoms with E-state index in [1.807, 2.05) is 31.2 Å². The van der Waals surface area contributed by atoms with Gasteiger partial charge >= 0.3 is 0 Å². The molecule has 1 unspecified atom stereocenters. The van der Waals surface area contributed by atoms with Crippen LogP contribution in [0.3, 0.4) is 0 Å². The molecule has 0 saturated carbocycles. The summed E-state index contributed by atoms with van der Waals surface area (Å²) in [5.74, 6) is 0.811. The highest BCUT2D eigenvalue weighted by Crippen LogP contribution is 2.17. The molecular formula is C12H19NO2. The van der Waals surface area contributed by atoms with Crippen molar-refractivity contribution >= 4 is 0 Å². The normalized spacial score (nSPS) is 14.7. The van der Waals surface area contributed by atoms with Crippen LogP contribution in [-0.4, -0.2) is 17.8 Å². The minimum absolute atomic E-state index is 0.0188. The van der Waals surface area contributed by atoms with Gasteiger partial charge in [0.25, 0.3) is 0 Å². The molecule has 0 radical (unpaired) electrons. The molecular weight excluding hydrogens is 190 g/mol. The molecule has 0 saturated heterocycles. The van der Waals surface area contributed by atoms with Gasteiger partial charge in [0.15, 0.2) is 0 Å². The summed E-state index contributed by atoms with van der Waals surface area (Å²) < 4.78 is 5.49.